The SMILES string of the molecule is C(c1cccc(-c2cc3ccccc3cn2)c1)=c1[nH]c(=Cc2nccc3ccccc23)c2c1ccc1ccccc12. The summed E-state index contributed by atoms with van der Waals surface area (Å²) in [4.78, 5) is 13.3. The summed E-state index contributed by atoms with van der Waals surface area (Å²) in [5.41, 5.74) is 4.13. The van der Waals surface area contributed by atoms with Crippen LogP contribution in [0, 0.1) is 0 Å². The Morgan fingerprint density at radius 2 is 1.27 bits per heavy atom. The monoisotopic (exact) mass is 523 g/mol. The van der Waals surface area contributed by atoms with E-state index in [4.69, 9.17) is 9.97 Å². The van der Waals surface area contributed by atoms with E-state index < -0.39 is 0 Å². The highest BCUT2D eigenvalue weighted by atomic mass is 14.7. The summed E-state index contributed by atoms with van der Waals surface area (Å²) in [6, 6.07) is 42.6. The Balaban J connectivity index is 1.35. The Morgan fingerprint density at radius 1 is 0.512 bits per heavy atom. The molecule has 1 N–H and O–H groups in total. The van der Waals surface area contributed by atoms with Gasteiger partial charge in [0, 0.05) is 50.2 Å². The smallest absolute Gasteiger partial charge is 0.0728 e. The van der Waals surface area contributed by atoms with Crippen LogP contribution in [-0.2, 0) is 0 Å². The molecule has 8 aromatic rings. The van der Waals surface area contributed by atoms with Crippen LogP contribution in [-0.4, -0.2) is 15.0 Å². The van der Waals surface area contributed by atoms with Crippen molar-refractivity contribution in [2.75, 3.05) is 0 Å². The number of hydrogen-bond acceptors (Lipinski definition) is 2. The zero-order chi connectivity index (χ0) is 27.2. The highest BCUT2D eigenvalue weighted by Crippen LogP contribution is 2.25. The topological polar surface area (TPSA) is 41.6 Å². The molecule has 0 spiro atoms. The number of hydrogen-bond donors (Lipinski definition) is 1. The van der Waals surface area contributed by atoms with E-state index in [0.29, 0.717) is 0 Å². The molecule has 8 rings (SSSR count). The lowest BCUT2D eigenvalue weighted by molar-refractivity contribution is 1.26. The minimum atomic E-state index is 0.954. The van der Waals surface area contributed by atoms with Gasteiger partial charge in [-0.25, -0.2) is 0 Å². The highest BCUT2D eigenvalue weighted by Gasteiger charge is 2.08. The summed E-state index contributed by atoms with van der Waals surface area (Å²) in [5.74, 6) is 0. The maximum atomic E-state index is 4.76. The molecule has 0 aliphatic carbocycles. The molecule has 5 aromatic carbocycles. The number of pyridine rings is 2. The normalized spacial score (nSPS) is 12.7. The van der Waals surface area contributed by atoms with Crippen molar-refractivity contribution in [1.82, 2.24) is 15.0 Å². The zero-order valence-corrected chi connectivity index (χ0v) is 22.3. The van der Waals surface area contributed by atoms with Gasteiger partial charge < -0.3 is 4.98 Å². The van der Waals surface area contributed by atoms with Crippen molar-refractivity contribution < 1.29 is 0 Å². The average Bonchev–Trinajstić information content (AvgIpc) is 3.38. The van der Waals surface area contributed by atoms with Crippen molar-refractivity contribution in [2.45, 2.75) is 0 Å². The van der Waals surface area contributed by atoms with Crippen LogP contribution < -0.4 is 10.7 Å². The predicted octanol–water partition coefficient (Wildman–Crippen LogP) is 7.74. The first-order valence-electron chi connectivity index (χ1n) is 13.8. The molecule has 192 valence electrons. The van der Waals surface area contributed by atoms with Crippen LogP contribution in [0.25, 0.3) is 66.5 Å². The van der Waals surface area contributed by atoms with Crippen molar-refractivity contribution in [3.63, 3.8) is 0 Å². The van der Waals surface area contributed by atoms with Crippen molar-refractivity contribution >= 4 is 55.2 Å². The van der Waals surface area contributed by atoms with Crippen molar-refractivity contribution in [3.8, 4) is 11.3 Å². The van der Waals surface area contributed by atoms with Crippen molar-refractivity contribution in [1.29, 1.82) is 0 Å². The van der Waals surface area contributed by atoms with Crippen LogP contribution in [0.15, 0.2) is 134 Å². The third-order valence-electron chi connectivity index (χ3n) is 7.87. The number of rotatable bonds is 3. The second-order valence-corrected chi connectivity index (χ2v) is 10.4. The molecule has 3 heteroatoms. The van der Waals surface area contributed by atoms with Crippen LogP contribution >= 0.6 is 0 Å². The summed E-state index contributed by atoms with van der Waals surface area (Å²) >= 11 is 0. The molecule has 0 atom stereocenters. The molecule has 0 fully saturated rings. The lowest BCUT2D eigenvalue weighted by atomic mass is 10.0. The average molecular weight is 524 g/mol. The third kappa shape index (κ3) is 4.16. The molecule has 0 amide bonds. The predicted molar refractivity (Wildman–Crippen MR) is 171 cm³/mol. The van der Waals surface area contributed by atoms with Gasteiger partial charge in [-0.2, -0.15) is 0 Å². The molecule has 0 aliphatic rings. The minimum absolute atomic E-state index is 0.954. The summed E-state index contributed by atoms with van der Waals surface area (Å²) < 4.78 is 0. The van der Waals surface area contributed by atoms with Gasteiger partial charge >= 0.3 is 0 Å². The molecule has 0 radical (unpaired) electrons. The Morgan fingerprint density at radius 3 is 2.15 bits per heavy atom. The van der Waals surface area contributed by atoms with Gasteiger partial charge in [0.15, 0.2) is 0 Å². The van der Waals surface area contributed by atoms with E-state index in [1.54, 1.807) is 0 Å². The van der Waals surface area contributed by atoms with E-state index in [2.05, 4.69) is 132 Å². The molecule has 0 unspecified atom stereocenters. The van der Waals surface area contributed by atoms with E-state index in [1.165, 1.54) is 32.3 Å². The lowest BCUT2D eigenvalue weighted by Gasteiger charge is -2.04. The van der Waals surface area contributed by atoms with Gasteiger partial charge in [0.1, 0.15) is 0 Å². The molecule has 0 aliphatic heterocycles. The van der Waals surface area contributed by atoms with Crippen LogP contribution in [0.4, 0.5) is 0 Å². The summed E-state index contributed by atoms with van der Waals surface area (Å²) in [5, 5.41) is 11.6. The molecule has 0 bridgehead atoms. The number of nitrogens with zero attached hydrogens (tertiary/aromatic N) is 2. The fourth-order valence-electron chi connectivity index (χ4n) is 5.87. The van der Waals surface area contributed by atoms with E-state index in [0.717, 1.165) is 44.0 Å². The van der Waals surface area contributed by atoms with E-state index in [1.807, 2.05) is 18.5 Å². The number of aromatic amines is 1. The fraction of sp³-hybridized carbons (Fsp3) is 0. The molecule has 0 saturated heterocycles. The maximum Gasteiger partial charge on any atom is 0.0728 e. The maximum absolute atomic E-state index is 4.76. The molecule has 3 aromatic heterocycles. The first-order chi connectivity index (χ1) is 20.3. The van der Waals surface area contributed by atoms with Crippen LogP contribution in [0.1, 0.15) is 11.3 Å². The molecular formula is C38H25N3. The van der Waals surface area contributed by atoms with Crippen LogP contribution in [0.2, 0.25) is 0 Å². The Labute approximate surface area is 236 Å². The van der Waals surface area contributed by atoms with Gasteiger partial charge in [-0.3, -0.25) is 9.97 Å². The number of nitrogens with one attached hydrogen (secondary N) is 1. The van der Waals surface area contributed by atoms with Gasteiger partial charge in [-0.1, -0.05) is 103 Å². The van der Waals surface area contributed by atoms with E-state index in [9.17, 15) is 0 Å². The number of benzene rings is 5. The first kappa shape index (κ1) is 23.4. The van der Waals surface area contributed by atoms with Crippen LogP contribution in [0.5, 0.6) is 0 Å². The fourth-order valence-corrected chi connectivity index (χ4v) is 5.87. The van der Waals surface area contributed by atoms with Crippen molar-refractivity contribution in [3.05, 3.63) is 156 Å². The number of fused-ring (bicyclic) bond motifs is 5. The highest BCUT2D eigenvalue weighted by molar-refractivity contribution is 6.08. The Kier molecular flexibility index (Phi) is 5.46. The molecule has 3 nitrogen and oxygen atoms in total. The van der Waals surface area contributed by atoms with Gasteiger partial charge in [0.05, 0.1) is 11.4 Å². The second kappa shape index (κ2) is 9.58. The Hall–Kier alpha value is -5.54. The third-order valence-corrected chi connectivity index (χ3v) is 7.87. The number of aromatic nitrogens is 3. The summed E-state index contributed by atoms with van der Waals surface area (Å²) in [6.07, 6.45) is 8.25. The zero-order valence-electron chi connectivity index (χ0n) is 22.3. The van der Waals surface area contributed by atoms with Gasteiger partial charge in [0.2, 0.25) is 0 Å². The summed E-state index contributed by atoms with van der Waals surface area (Å²) in [7, 11) is 0. The largest absolute Gasteiger partial charge is 0.354 e. The van der Waals surface area contributed by atoms with Crippen molar-refractivity contribution in [2.24, 2.45) is 0 Å². The standard InChI is InChI=1S/C38H25N3/c1-2-12-30-24-40-34(22-28(30)11-1)29-13-7-8-25(20-29)21-36-33-17-16-26-9-4-6-15-32(26)38(33)37(41-36)23-35-31-14-5-3-10-27(31)18-19-39-35/h1-24,41H. The lowest BCUT2D eigenvalue weighted by Crippen LogP contribution is -2.10. The quantitative estimate of drug-likeness (QED) is 0.257. The van der Waals surface area contributed by atoms with Crippen LogP contribution in [0.3, 0.4) is 0 Å². The Bertz CT molecular complexity index is 2380. The number of H-pyrrole nitrogens is 1. The first-order valence-corrected chi connectivity index (χ1v) is 13.8. The van der Waals surface area contributed by atoms with E-state index in [-0.39, 0.29) is 0 Å². The molecular weight excluding hydrogens is 498 g/mol. The van der Waals surface area contributed by atoms with Gasteiger partial charge in [-0.15, -0.1) is 0 Å². The molecule has 0 saturated carbocycles. The molecule has 3 heterocycles. The summed E-state index contributed by atoms with van der Waals surface area (Å²) in [6.45, 7) is 0. The molecule has 41 heavy (non-hydrogen) atoms. The van der Waals surface area contributed by atoms with E-state index >= 15 is 0 Å². The van der Waals surface area contributed by atoms with Gasteiger partial charge in [-0.05, 0) is 57.5 Å². The second-order valence-electron chi connectivity index (χ2n) is 10.4. The van der Waals surface area contributed by atoms with Gasteiger partial charge in [0.25, 0.3) is 0 Å². The minimum Gasteiger partial charge on any atom is -0.354 e.